The van der Waals surface area contributed by atoms with E-state index in [-0.39, 0.29) is 29.2 Å². The molecule has 5 rings (SSSR count). The quantitative estimate of drug-likeness (QED) is 0.381. The second-order valence-corrected chi connectivity index (χ2v) is 11.1. The molecule has 194 valence electrons. The summed E-state index contributed by atoms with van der Waals surface area (Å²) in [6, 6.07) is 1.14. The van der Waals surface area contributed by atoms with E-state index < -0.39 is 24.4 Å². The molecule has 0 aliphatic heterocycles. The zero-order valence-corrected chi connectivity index (χ0v) is 21.2. The average molecular weight is 541 g/mol. The number of aromatic nitrogens is 2. The van der Waals surface area contributed by atoms with Gasteiger partial charge in [0.15, 0.2) is 5.11 Å². The molecule has 2 heterocycles. The van der Waals surface area contributed by atoms with E-state index >= 15 is 0 Å². The van der Waals surface area contributed by atoms with Gasteiger partial charge in [-0.3, -0.25) is 14.3 Å². The summed E-state index contributed by atoms with van der Waals surface area (Å²) in [7, 11) is 1.55. The minimum atomic E-state index is -2.68. The molecule has 2 aromatic rings. The summed E-state index contributed by atoms with van der Waals surface area (Å²) in [6.45, 7) is 0.590. The van der Waals surface area contributed by atoms with Crippen LogP contribution in [0.2, 0.25) is 0 Å². The molecule has 2 aromatic heterocycles. The minimum Gasteiger partial charge on any atom is -0.359 e. The van der Waals surface area contributed by atoms with Crippen LogP contribution in [0.1, 0.15) is 58.6 Å². The summed E-state index contributed by atoms with van der Waals surface area (Å²) >= 11 is 6.77. The van der Waals surface area contributed by atoms with Crippen LogP contribution in [-0.2, 0) is 24.7 Å². The lowest BCUT2D eigenvalue weighted by molar-refractivity contribution is -0.117. The Balaban J connectivity index is 1.29. The highest BCUT2D eigenvalue weighted by Gasteiger charge is 2.44. The second-order valence-electron chi connectivity index (χ2n) is 9.63. The van der Waals surface area contributed by atoms with Gasteiger partial charge in [-0.1, -0.05) is 0 Å². The first kappa shape index (κ1) is 25.0. The average Bonchev–Trinajstić information content (AvgIpc) is 3.72. The summed E-state index contributed by atoms with van der Waals surface area (Å²) in [5.41, 5.74) is 0.951. The number of rotatable bonds is 8. The van der Waals surface area contributed by atoms with Gasteiger partial charge in [0.05, 0.1) is 11.5 Å². The first-order valence-electron chi connectivity index (χ1n) is 12.0. The molecule has 2 saturated carbocycles. The van der Waals surface area contributed by atoms with Gasteiger partial charge in [-0.15, -0.1) is 11.3 Å². The first-order chi connectivity index (χ1) is 17.2. The molecule has 0 radical (unpaired) electrons. The Morgan fingerprint density at radius 2 is 2.03 bits per heavy atom. The molecule has 2 amide bonds. The van der Waals surface area contributed by atoms with E-state index in [0.29, 0.717) is 41.7 Å². The monoisotopic (exact) mass is 540 g/mol. The molecule has 3 atom stereocenters. The van der Waals surface area contributed by atoms with Gasteiger partial charge in [-0.2, -0.15) is 5.10 Å². The van der Waals surface area contributed by atoms with Crippen LogP contribution in [0.25, 0.3) is 0 Å². The molecule has 0 spiro atoms. The molecular formula is C23H27F3N6O2S2. The summed E-state index contributed by atoms with van der Waals surface area (Å²) in [6.07, 6.45) is 0.506. The van der Waals surface area contributed by atoms with E-state index in [1.165, 1.54) is 22.1 Å². The topological polar surface area (TPSA) is 100 Å². The Hall–Kier alpha value is -2.67. The molecular weight excluding hydrogens is 513 g/mol. The number of aryl methyl sites for hydroxylation is 2. The number of amides is 2. The van der Waals surface area contributed by atoms with E-state index in [9.17, 15) is 22.8 Å². The number of anilines is 2. The maximum absolute atomic E-state index is 13.4. The number of carbonyl (C=O) groups excluding carboxylic acids is 2. The van der Waals surface area contributed by atoms with Gasteiger partial charge < -0.3 is 21.3 Å². The normalized spacial score (nSPS) is 22.6. The molecule has 2 fully saturated rings. The summed E-state index contributed by atoms with van der Waals surface area (Å²) in [5.74, 6) is -0.446. The van der Waals surface area contributed by atoms with Crippen molar-refractivity contribution in [3.05, 3.63) is 27.8 Å². The summed E-state index contributed by atoms with van der Waals surface area (Å²) < 4.78 is 40.6. The Labute approximate surface area is 215 Å². The van der Waals surface area contributed by atoms with Crippen molar-refractivity contribution in [3.63, 3.8) is 0 Å². The number of halogens is 3. The minimum absolute atomic E-state index is 0.105. The Bertz CT molecular complexity index is 1190. The largest absolute Gasteiger partial charge is 0.359 e. The SMILES string of the molecule is Cn1nc(C(F)F)cc1NC(=S)N[C@H]1CCc2sc(NC(=O)[C@H]3C[C@@H]3F)c(C(=O)NCC3CC3)c2C1. The number of alkyl halides is 3. The molecule has 0 unspecified atom stereocenters. The van der Waals surface area contributed by atoms with Crippen LogP contribution in [0.3, 0.4) is 0 Å². The fraction of sp³-hybridized carbons (Fsp3) is 0.565. The van der Waals surface area contributed by atoms with Crippen LogP contribution >= 0.6 is 23.6 Å². The van der Waals surface area contributed by atoms with Crippen molar-refractivity contribution < 1.29 is 22.8 Å². The molecule has 8 nitrogen and oxygen atoms in total. The number of nitrogens with one attached hydrogen (secondary N) is 4. The highest BCUT2D eigenvalue weighted by molar-refractivity contribution is 7.80. The lowest BCUT2D eigenvalue weighted by Gasteiger charge is -2.25. The van der Waals surface area contributed by atoms with Crippen molar-refractivity contribution in [2.45, 2.75) is 57.2 Å². The third-order valence-corrected chi connectivity index (χ3v) is 8.15. The Morgan fingerprint density at radius 1 is 1.28 bits per heavy atom. The van der Waals surface area contributed by atoms with Crippen LogP contribution < -0.4 is 21.3 Å². The number of thiocarbonyl (C=S) groups is 1. The standard InChI is InChI=1S/C23H27F3N6O2S2/c1-32-17(8-15(31-32)19(25)26)29-23(35)28-11-4-5-16-13(6-11)18(21(34)27-9-10-2-3-10)22(36-16)30-20(33)12-7-14(12)24/h8,10-12,14,19H,2-7,9H2,1H3,(H,27,34)(H,30,33)(H2,28,29,35)/t11-,12-,14-/m0/s1. The molecule has 13 heteroatoms. The number of nitrogens with zero attached hydrogens (tertiary/aromatic N) is 2. The number of carbonyl (C=O) groups is 2. The second kappa shape index (κ2) is 10.0. The van der Waals surface area contributed by atoms with Crippen LogP contribution in [-0.4, -0.2) is 45.5 Å². The van der Waals surface area contributed by atoms with Crippen molar-refractivity contribution >= 4 is 51.3 Å². The lowest BCUT2D eigenvalue weighted by Crippen LogP contribution is -2.41. The van der Waals surface area contributed by atoms with E-state index in [1.807, 2.05) is 0 Å². The van der Waals surface area contributed by atoms with Gasteiger partial charge in [0, 0.05) is 30.6 Å². The van der Waals surface area contributed by atoms with Gasteiger partial charge in [0.25, 0.3) is 12.3 Å². The zero-order valence-electron chi connectivity index (χ0n) is 19.6. The summed E-state index contributed by atoms with van der Waals surface area (Å²) in [4.78, 5) is 26.6. The van der Waals surface area contributed by atoms with Gasteiger partial charge in [0.1, 0.15) is 22.7 Å². The number of thiophene rings is 1. The van der Waals surface area contributed by atoms with Crippen molar-refractivity contribution in [3.8, 4) is 0 Å². The van der Waals surface area contributed by atoms with Crippen molar-refractivity contribution in [1.82, 2.24) is 20.4 Å². The Kier molecular flexibility index (Phi) is 6.95. The third kappa shape index (κ3) is 5.51. The maximum atomic E-state index is 13.4. The number of fused-ring (bicyclic) bond motifs is 1. The maximum Gasteiger partial charge on any atom is 0.282 e. The summed E-state index contributed by atoms with van der Waals surface area (Å²) in [5, 5.41) is 16.4. The predicted molar refractivity (Wildman–Crippen MR) is 134 cm³/mol. The number of hydrogen-bond acceptors (Lipinski definition) is 5. The van der Waals surface area contributed by atoms with Crippen molar-refractivity contribution in [2.75, 3.05) is 17.2 Å². The molecule has 0 aromatic carbocycles. The molecule has 0 bridgehead atoms. The highest BCUT2D eigenvalue weighted by atomic mass is 32.1. The number of hydrogen-bond donors (Lipinski definition) is 4. The van der Waals surface area contributed by atoms with Gasteiger partial charge in [-0.05, 0) is 62.2 Å². The smallest absolute Gasteiger partial charge is 0.282 e. The van der Waals surface area contributed by atoms with Crippen LogP contribution in [0, 0.1) is 11.8 Å². The van der Waals surface area contributed by atoms with E-state index in [4.69, 9.17) is 12.2 Å². The van der Waals surface area contributed by atoms with E-state index in [2.05, 4.69) is 26.4 Å². The fourth-order valence-electron chi connectivity index (χ4n) is 4.37. The Morgan fingerprint density at radius 3 is 2.67 bits per heavy atom. The van der Waals surface area contributed by atoms with E-state index in [0.717, 1.165) is 29.7 Å². The van der Waals surface area contributed by atoms with Crippen LogP contribution in [0.15, 0.2) is 6.07 Å². The molecule has 4 N–H and O–H groups in total. The first-order valence-corrected chi connectivity index (χ1v) is 13.2. The highest BCUT2D eigenvalue weighted by Crippen LogP contribution is 2.41. The van der Waals surface area contributed by atoms with Gasteiger partial charge >= 0.3 is 0 Å². The lowest BCUT2D eigenvalue weighted by atomic mass is 9.91. The zero-order chi connectivity index (χ0) is 25.6. The molecule has 36 heavy (non-hydrogen) atoms. The third-order valence-electron chi connectivity index (χ3n) is 6.72. The predicted octanol–water partition coefficient (Wildman–Crippen LogP) is 3.70. The van der Waals surface area contributed by atoms with Crippen LogP contribution in [0.4, 0.5) is 24.0 Å². The molecule has 0 saturated heterocycles. The van der Waals surface area contributed by atoms with Gasteiger partial charge in [0.2, 0.25) is 5.91 Å². The van der Waals surface area contributed by atoms with Crippen LogP contribution in [0.5, 0.6) is 0 Å². The van der Waals surface area contributed by atoms with E-state index in [1.54, 1.807) is 7.05 Å². The molecule has 3 aliphatic rings. The van der Waals surface area contributed by atoms with Crippen molar-refractivity contribution in [1.29, 1.82) is 0 Å². The van der Waals surface area contributed by atoms with Crippen molar-refractivity contribution in [2.24, 2.45) is 18.9 Å². The van der Waals surface area contributed by atoms with Gasteiger partial charge in [-0.25, -0.2) is 13.2 Å². The molecule has 3 aliphatic carbocycles. The fourth-order valence-corrected chi connectivity index (χ4v) is 5.89.